The number of alkyl halides is 1. The van der Waals surface area contributed by atoms with Crippen LogP contribution in [0.5, 0.6) is 0 Å². The van der Waals surface area contributed by atoms with E-state index in [-0.39, 0.29) is 0 Å². The number of guanidine groups is 1. The zero-order valence-corrected chi connectivity index (χ0v) is 11.6. The van der Waals surface area contributed by atoms with Crippen molar-refractivity contribution in [1.29, 1.82) is 0 Å². The number of nitrogens with two attached hydrogens (primary N) is 1. The Hall–Kier alpha value is -1.23. The fraction of sp³-hybridized carbons (Fsp3) is 0.667. The van der Waals surface area contributed by atoms with Crippen molar-refractivity contribution in [1.82, 2.24) is 9.55 Å². The fourth-order valence-electron chi connectivity index (χ4n) is 2.29. The molecule has 5 nitrogen and oxygen atoms in total. The molecule has 1 aromatic heterocycles. The zero-order valence-electron chi connectivity index (χ0n) is 10.9. The van der Waals surface area contributed by atoms with Crippen molar-refractivity contribution in [3.05, 3.63) is 12.0 Å². The van der Waals surface area contributed by atoms with Crippen molar-refractivity contribution in [2.75, 3.05) is 5.32 Å². The standard InChI is InChI=1S/C12H20ClN5/c1-3-5-8(4-2)6-18-7-15-9-10(13)16-12(14)17-11(9)18/h7-8,10H,3-6H2,1-2H3,(H3,14,16,17)/t8-,10?/m1/s1. The van der Waals surface area contributed by atoms with Crippen LogP contribution in [0.2, 0.25) is 0 Å². The minimum absolute atomic E-state index is 0.354. The number of hydrogen-bond donors (Lipinski definition) is 2. The first-order chi connectivity index (χ1) is 8.65. The molecule has 1 aliphatic rings. The maximum absolute atomic E-state index is 6.10. The lowest BCUT2D eigenvalue weighted by molar-refractivity contribution is 0.401. The monoisotopic (exact) mass is 269 g/mol. The summed E-state index contributed by atoms with van der Waals surface area (Å²) in [7, 11) is 0. The van der Waals surface area contributed by atoms with Gasteiger partial charge in [0.15, 0.2) is 11.5 Å². The molecule has 0 saturated carbocycles. The second-order valence-corrected chi connectivity index (χ2v) is 5.08. The first-order valence-electron chi connectivity index (χ1n) is 6.45. The molecule has 0 aromatic carbocycles. The molecular formula is C12H20ClN5. The Balaban J connectivity index is 2.17. The van der Waals surface area contributed by atoms with E-state index < -0.39 is 5.50 Å². The van der Waals surface area contributed by atoms with Gasteiger partial charge < -0.3 is 15.6 Å². The van der Waals surface area contributed by atoms with Gasteiger partial charge in [-0.25, -0.2) is 9.98 Å². The van der Waals surface area contributed by atoms with Crippen molar-refractivity contribution < 1.29 is 0 Å². The molecule has 0 aliphatic carbocycles. The molecule has 0 radical (unpaired) electrons. The Morgan fingerprint density at radius 3 is 3.00 bits per heavy atom. The van der Waals surface area contributed by atoms with Gasteiger partial charge in [0.1, 0.15) is 11.5 Å². The highest BCUT2D eigenvalue weighted by molar-refractivity contribution is 6.22. The van der Waals surface area contributed by atoms with E-state index in [1.54, 1.807) is 0 Å². The summed E-state index contributed by atoms with van der Waals surface area (Å²) >= 11 is 6.10. The average Bonchev–Trinajstić information content (AvgIpc) is 2.72. The molecule has 0 bridgehead atoms. The Morgan fingerprint density at radius 2 is 2.33 bits per heavy atom. The summed E-state index contributed by atoms with van der Waals surface area (Å²) in [6, 6.07) is 0. The zero-order chi connectivity index (χ0) is 13.1. The summed E-state index contributed by atoms with van der Waals surface area (Å²) in [5, 5.41) is 3.05. The number of fused-ring (bicyclic) bond motifs is 1. The number of imidazole rings is 1. The molecule has 18 heavy (non-hydrogen) atoms. The number of nitrogens with zero attached hydrogens (tertiary/aromatic N) is 3. The smallest absolute Gasteiger partial charge is 0.196 e. The molecule has 1 aliphatic heterocycles. The van der Waals surface area contributed by atoms with Crippen molar-refractivity contribution in [3.8, 4) is 0 Å². The van der Waals surface area contributed by atoms with E-state index in [1.807, 2.05) is 6.33 Å². The predicted octanol–water partition coefficient (Wildman–Crippen LogP) is 2.69. The molecule has 0 fully saturated rings. The van der Waals surface area contributed by atoms with E-state index in [0.717, 1.165) is 24.5 Å². The molecule has 1 unspecified atom stereocenters. The fourth-order valence-corrected chi connectivity index (χ4v) is 2.56. The van der Waals surface area contributed by atoms with E-state index in [2.05, 4.69) is 33.7 Å². The molecule has 100 valence electrons. The number of hydrogen-bond acceptors (Lipinski definition) is 4. The average molecular weight is 270 g/mol. The highest BCUT2D eigenvalue weighted by atomic mass is 35.5. The number of anilines is 1. The van der Waals surface area contributed by atoms with Crippen molar-refractivity contribution in [3.63, 3.8) is 0 Å². The number of aliphatic imine (C=N–C) groups is 1. The van der Waals surface area contributed by atoms with Gasteiger partial charge in [0.05, 0.1) is 6.33 Å². The third-order valence-electron chi connectivity index (χ3n) is 3.32. The summed E-state index contributed by atoms with van der Waals surface area (Å²) in [6.07, 6.45) is 5.40. The summed E-state index contributed by atoms with van der Waals surface area (Å²) < 4.78 is 2.09. The van der Waals surface area contributed by atoms with E-state index in [4.69, 9.17) is 17.3 Å². The highest BCUT2D eigenvalue weighted by Gasteiger charge is 2.24. The number of aromatic nitrogens is 2. The van der Waals surface area contributed by atoms with Crippen LogP contribution in [0.25, 0.3) is 0 Å². The van der Waals surface area contributed by atoms with Crippen LogP contribution in [0.3, 0.4) is 0 Å². The number of rotatable bonds is 5. The van der Waals surface area contributed by atoms with Crippen LogP contribution in [-0.2, 0) is 6.54 Å². The summed E-state index contributed by atoms with van der Waals surface area (Å²) in [6.45, 7) is 5.37. The molecule has 6 heteroatoms. The van der Waals surface area contributed by atoms with Gasteiger partial charge in [-0.2, -0.15) is 0 Å². The number of halogens is 1. The third kappa shape index (κ3) is 2.61. The van der Waals surface area contributed by atoms with Gasteiger partial charge >= 0.3 is 0 Å². The summed E-state index contributed by atoms with van der Waals surface area (Å²) in [5.74, 6) is 1.90. The van der Waals surface area contributed by atoms with Gasteiger partial charge in [0, 0.05) is 6.54 Å². The van der Waals surface area contributed by atoms with Gasteiger partial charge in [-0.05, 0) is 12.3 Å². The van der Waals surface area contributed by atoms with Crippen molar-refractivity contribution in [2.45, 2.75) is 45.2 Å². The van der Waals surface area contributed by atoms with Crippen LogP contribution in [-0.4, -0.2) is 15.5 Å². The Bertz CT molecular complexity index is 440. The quantitative estimate of drug-likeness (QED) is 0.638. The molecule has 2 rings (SSSR count). The number of nitrogens with one attached hydrogen (secondary N) is 1. The second kappa shape index (κ2) is 5.61. The highest BCUT2D eigenvalue weighted by Crippen LogP contribution is 2.31. The molecule has 2 atom stereocenters. The maximum atomic E-state index is 6.10. The molecular weight excluding hydrogens is 250 g/mol. The third-order valence-corrected chi connectivity index (χ3v) is 3.62. The van der Waals surface area contributed by atoms with E-state index >= 15 is 0 Å². The first-order valence-corrected chi connectivity index (χ1v) is 6.88. The Kier molecular flexibility index (Phi) is 4.11. The van der Waals surface area contributed by atoms with Crippen LogP contribution in [0.15, 0.2) is 11.3 Å². The van der Waals surface area contributed by atoms with Gasteiger partial charge in [-0.15, -0.1) is 0 Å². The second-order valence-electron chi connectivity index (χ2n) is 4.67. The lowest BCUT2D eigenvalue weighted by Crippen LogP contribution is -2.28. The SMILES string of the molecule is CCC[C@@H](CC)Cn1cnc2c1NC(N)=NC2Cl. The molecule has 0 saturated heterocycles. The molecule has 0 spiro atoms. The van der Waals surface area contributed by atoms with Crippen LogP contribution in [0.1, 0.15) is 44.3 Å². The Morgan fingerprint density at radius 1 is 1.56 bits per heavy atom. The van der Waals surface area contributed by atoms with Crippen LogP contribution >= 0.6 is 11.6 Å². The van der Waals surface area contributed by atoms with Crippen LogP contribution < -0.4 is 11.1 Å². The van der Waals surface area contributed by atoms with E-state index in [0.29, 0.717) is 11.9 Å². The van der Waals surface area contributed by atoms with Crippen molar-refractivity contribution >= 4 is 23.4 Å². The molecule has 0 amide bonds. The summed E-state index contributed by atoms with van der Waals surface area (Å²) in [5.41, 5.74) is 5.99. The minimum Gasteiger partial charge on any atom is -0.370 e. The first kappa shape index (κ1) is 13.2. The lowest BCUT2D eigenvalue weighted by atomic mass is 10.0. The van der Waals surface area contributed by atoms with E-state index in [1.165, 1.54) is 12.8 Å². The van der Waals surface area contributed by atoms with E-state index in [9.17, 15) is 0 Å². The largest absolute Gasteiger partial charge is 0.370 e. The lowest BCUT2D eigenvalue weighted by Gasteiger charge is -2.20. The molecule has 1 aromatic rings. The summed E-state index contributed by atoms with van der Waals surface area (Å²) in [4.78, 5) is 8.37. The van der Waals surface area contributed by atoms with Gasteiger partial charge in [-0.1, -0.05) is 38.3 Å². The Labute approximate surface area is 112 Å². The van der Waals surface area contributed by atoms with Crippen LogP contribution in [0.4, 0.5) is 5.82 Å². The van der Waals surface area contributed by atoms with Crippen molar-refractivity contribution in [2.24, 2.45) is 16.6 Å². The predicted molar refractivity (Wildman–Crippen MR) is 74.8 cm³/mol. The molecule has 3 N–H and O–H groups in total. The minimum atomic E-state index is -0.478. The van der Waals surface area contributed by atoms with Crippen LogP contribution in [0, 0.1) is 5.92 Å². The topological polar surface area (TPSA) is 68.2 Å². The van der Waals surface area contributed by atoms with Gasteiger partial charge in [-0.3, -0.25) is 0 Å². The van der Waals surface area contributed by atoms with Gasteiger partial charge in [0.25, 0.3) is 0 Å². The molecule has 2 heterocycles. The van der Waals surface area contributed by atoms with Gasteiger partial charge in [0.2, 0.25) is 0 Å². The maximum Gasteiger partial charge on any atom is 0.196 e. The normalized spacial score (nSPS) is 19.9.